The van der Waals surface area contributed by atoms with E-state index in [1.54, 1.807) is 0 Å². The molecule has 4 atom stereocenters. The molecule has 17 heavy (non-hydrogen) atoms. The Bertz CT molecular complexity index is 341. The van der Waals surface area contributed by atoms with Crippen molar-refractivity contribution in [3.8, 4) is 0 Å². The molecule has 0 aliphatic carbocycles. The Morgan fingerprint density at radius 1 is 1.41 bits per heavy atom. The van der Waals surface area contributed by atoms with Gasteiger partial charge in [-0.05, 0) is 0 Å². The van der Waals surface area contributed by atoms with E-state index >= 15 is 0 Å². The molecule has 2 rings (SSSR count). The van der Waals surface area contributed by atoms with E-state index in [-0.39, 0.29) is 29.4 Å². The number of carbonyl (C=O) groups excluding carboxylic acids is 2. The van der Waals surface area contributed by atoms with Gasteiger partial charge in [0.2, 0.25) is 5.91 Å². The number of urea groups is 1. The van der Waals surface area contributed by atoms with E-state index in [1.807, 2.05) is 0 Å². The molecule has 2 aliphatic heterocycles. The van der Waals surface area contributed by atoms with Crippen LogP contribution in [-0.2, 0) is 9.53 Å². The van der Waals surface area contributed by atoms with Gasteiger partial charge in [-0.1, -0.05) is 0 Å². The van der Waals surface area contributed by atoms with Gasteiger partial charge in [-0.25, -0.2) is 4.79 Å². The molecule has 0 spiro atoms. The van der Waals surface area contributed by atoms with Gasteiger partial charge in [-0.15, -0.1) is 0 Å². The van der Waals surface area contributed by atoms with Crippen molar-refractivity contribution >= 4 is 37.2 Å². The van der Waals surface area contributed by atoms with Crippen LogP contribution in [0.3, 0.4) is 0 Å². The summed E-state index contributed by atoms with van der Waals surface area (Å²) >= 11 is 8.65. The number of rotatable bonds is 2. The van der Waals surface area contributed by atoms with Crippen LogP contribution < -0.4 is 5.32 Å². The Labute approximate surface area is 109 Å². The molecule has 4 unspecified atom stereocenters. The van der Waals surface area contributed by atoms with Crippen LogP contribution in [0.25, 0.3) is 0 Å². The lowest BCUT2D eigenvalue weighted by Gasteiger charge is -2.33. The molecule has 2 aliphatic rings. The first-order valence-corrected chi connectivity index (χ1v) is 6.30. The van der Waals surface area contributed by atoms with Crippen molar-refractivity contribution < 1.29 is 19.4 Å². The van der Waals surface area contributed by atoms with Crippen molar-refractivity contribution in [3.63, 3.8) is 0 Å². The zero-order valence-corrected chi connectivity index (χ0v) is 10.7. The van der Waals surface area contributed by atoms with Crippen molar-refractivity contribution in [2.45, 2.75) is 29.3 Å². The average Bonchev–Trinajstić information content (AvgIpc) is 2.57. The van der Waals surface area contributed by atoms with Crippen LogP contribution in [0.2, 0.25) is 0 Å². The third kappa shape index (κ3) is 2.40. The highest BCUT2D eigenvalue weighted by atomic mass is 32.1. The van der Waals surface area contributed by atoms with Crippen LogP contribution in [0.5, 0.6) is 0 Å². The first kappa shape index (κ1) is 13.0. The maximum atomic E-state index is 11.6. The Morgan fingerprint density at radius 3 is 2.65 bits per heavy atom. The summed E-state index contributed by atoms with van der Waals surface area (Å²) in [5.41, 5.74) is 0. The molecular weight excluding hydrogens is 264 g/mol. The normalized spacial score (nSPS) is 38.4. The van der Waals surface area contributed by atoms with E-state index in [0.717, 1.165) is 0 Å². The molecule has 2 saturated heterocycles. The van der Waals surface area contributed by atoms with E-state index in [0.29, 0.717) is 6.54 Å². The summed E-state index contributed by atoms with van der Waals surface area (Å²) in [4.78, 5) is 24.1. The topological polar surface area (TPSA) is 78.9 Å². The summed E-state index contributed by atoms with van der Waals surface area (Å²) in [7, 11) is 0. The molecule has 6 nitrogen and oxygen atoms in total. The lowest BCUT2D eigenvalue weighted by Crippen LogP contribution is -2.55. The zero-order chi connectivity index (χ0) is 12.6. The SMILES string of the molecule is O=C1CCN(C2OC(CO)C(S)C2S)C(=O)N1. The summed E-state index contributed by atoms with van der Waals surface area (Å²) in [5.74, 6) is -0.291. The highest BCUT2D eigenvalue weighted by molar-refractivity contribution is 7.85. The Morgan fingerprint density at radius 2 is 2.12 bits per heavy atom. The molecule has 2 N–H and O–H groups in total. The molecule has 0 aromatic heterocycles. The van der Waals surface area contributed by atoms with Gasteiger partial charge in [0, 0.05) is 18.2 Å². The Kier molecular flexibility index (Phi) is 3.86. The smallest absolute Gasteiger partial charge is 0.326 e. The number of nitrogens with zero attached hydrogens (tertiary/aromatic N) is 1. The molecule has 0 radical (unpaired) electrons. The Balaban J connectivity index is 2.08. The summed E-state index contributed by atoms with van der Waals surface area (Å²) in [5, 5.41) is 10.8. The van der Waals surface area contributed by atoms with Crippen molar-refractivity contribution in [2.24, 2.45) is 0 Å². The standard InChI is InChI=1S/C9H14N2O4S2/c12-3-4-6(16)7(17)8(15-4)11-2-1-5(13)10-9(11)14/h4,6-8,12,16-17H,1-3H2,(H,10,13,14). The lowest BCUT2D eigenvalue weighted by molar-refractivity contribution is -0.123. The molecule has 0 bridgehead atoms. The number of carbonyl (C=O) groups is 2. The number of imide groups is 1. The van der Waals surface area contributed by atoms with Gasteiger partial charge >= 0.3 is 6.03 Å². The third-order valence-corrected chi connectivity index (χ3v) is 4.38. The number of hydrogen-bond donors (Lipinski definition) is 4. The number of hydrogen-bond acceptors (Lipinski definition) is 6. The molecule has 2 fully saturated rings. The van der Waals surface area contributed by atoms with E-state index in [9.17, 15) is 9.59 Å². The van der Waals surface area contributed by atoms with Crippen LogP contribution in [0.15, 0.2) is 0 Å². The van der Waals surface area contributed by atoms with Crippen LogP contribution in [0.4, 0.5) is 4.79 Å². The molecule has 0 aromatic rings. The molecule has 0 aromatic carbocycles. The Hall–Kier alpha value is -0.440. The van der Waals surface area contributed by atoms with E-state index in [2.05, 4.69) is 30.6 Å². The van der Waals surface area contributed by atoms with Gasteiger partial charge in [0.15, 0.2) is 0 Å². The number of nitrogens with one attached hydrogen (secondary N) is 1. The fraction of sp³-hybridized carbons (Fsp3) is 0.778. The van der Waals surface area contributed by atoms with Crippen LogP contribution in [-0.4, -0.2) is 57.9 Å². The fourth-order valence-electron chi connectivity index (χ4n) is 1.96. The number of amides is 3. The second-order valence-electron chi connectivity index (χ2n) is 4.03. The van der Waals surface area contributed by atoms with Gasteiger partial charge in [0.1, 0.15) is 6.23 Å². The van der Waals surface area contributed by atoms with Gasteiger partial charge in [-0.2, -0.15) is 25.3 Å². The molecule has 0 saturated carbocycles. The molecular formula is C9H14N2O4S2. The lowest BCUT2D eigenvalue weighted by atomic mass is 10.2. The highest BCUT2D eigenvalue weighted by Crippen LogP contribution is 2.32. The average molecular weight is 278 g/mol. The minimum absolute atomic E-state index is 0.171. The fourth-order valence-corrected chi connectivity index (χ4v) is 2.69. The third-order valence-electron chi connectivity index (χ3n) is 2.91. The molecule has 3 amide bonds. The molecule has 8 heteroatoms. The minimum atomic E-state index is -0.564. The van der Waals surface area contributed by atoms with Crippen molar-refractivity contribution in [2.75, 3.05) is 13.2 Å². The highest BCUT2D eigenvalue weighted by Gasteiger charge is 2.45. The predicted molar refractivity (Wildman–Crippen MR) is 66.2 cm³/mol. The summed E-state index contributed by atoms with van der Waals surface area (Å²) in [6.07, 6.45) is -0.769. The maximum absolute atomic E-state index is 11.6. The number of aliphatic hydroxyl groups is 1. The van der Waals surface area contributed by atoms with Crippen molar-refractivity contribution in [3.05, 3.63) is 0 Å². The first-order valence-electron chi connectivity index (χ1n) is 5.27. The largest absolute Gasteiger partial charge is 0.394 e. The van der Waals surface area contributed by atoms with Crippen molar-refractivity contribution in [1.82, 2.24) is 10.2 Å². The monoisotopic (exact) mass is 278 g/mol. The summed E-state index contributed by atoms with van der Waals surface area (Å²) in [6, 6.07) is -0.482. The number of ether oxygens (including phenoxy) is 1. The maximum Gasteiger partial charge on any atom is 0.326 e. The van der Waals surface area contributed by atoms with Crippen LogP contribution in [0, 0.1) is 0 Å². The first-order chi connectivity index (χ1) is 8.04. The van der Waals surface area contributed by atoms with E-state index in [1.165, 1.54) is 4.90 Å². The summed E-state index contributed by atoms with van der Waals surface area (Å²) in [6.45, 7) is 0.126. The van der Waals surface area contributed by atoms with Gasteiger partial charge in [0.25, 0.3) is 0 Å². The second kappa shape index (κ2) is 5.05. The van der Waals surface area contributed by atoms with Gasteiger partial charge in [-0.3, -0.25) is 15.0 Å². The summed E-state index contributed by atoms with van der Waals surface area (Å²) < 4.78 is 5.53. The molecule has 96 valence electrons. The van der Waals surface area contributed by atoms with E-state index < -0.39 is 18.4 Å². The van der Waals surface area contributed by atoms with Gasteiger partial charge in [0.05, 0.1) is 18.0 Å². The quantitative estimate of drug-likeness (QED) is 0.501. The van der Waals surface area contributed by atoms with Crippen molar-refractivity contribution in [1.29, 1.82) is 0 Å². The van der Waals surface area contributed by atoms with Gasteiger partial charge < -0.3 is 9.84 Å². The van der Waals surface area contributed by atoms with E-state index in [4.69, 9.17) is 9.84 Å². The minimum Gasteiger partial charge on any atom is -0.394 e. The second-order valence-corrected chi connectivity index (χ2v) is 5.22. The number of aliphatic hydroxyl groups excluding tert-OH is 1. The predicted octanol–water partition coefficient (Wildman–Crippen LogP) is -0.758. The van der Waals surface area contributed by atoms with Crippen LogP contribution in [0.1, 0.15) is 6.42 Å². The zero-order valence-electron chi connectivity index (χ0n) is 8.94. The molecule has 2 heterocycles. The van der Waals surface area contributed by atoms with Crippen LogP contribution >= 0.6 is 25.3 Å². The number of thiol groups is 2.